The molecule has 0 spiro atoms. The molecule has 1 aromatic rings. The summed E-state index contributed by atoms with van der Waals surface area (Å²) >= 11 is 0. The van der Waals surface area contributed by atoms with E-state index in [4.69, 9.17) is 5.73 Å². The SMILES string of the molecule is NCc1ccccc1C1(O)CC1. The van der Waals surface area contributed by atoms with E-state index >= 15 is 0 Å². The van der Waals surface area contributed by atoms with Crippen LogP contribution in [-0.2, 0) is 12.1 Å². The Morgan fingerprint density at radius 2 is 2.00 bits per heavy atom. The predicted octanol–water partition coefficient (Wildman–Crippen LogP) is 1.13. The average molecular weight is 163 g/mol. The van der Waals surface area contributed by atoms with Crippen LogP contribution in [0.1, 0.15) is 24.0 Å². The van der Waals surface area contributed by atoms with Gasteiger partial charge in [-0.15, -0.1) is 0 Å². The zero-order chi connectivity index (χ0) is 8.60. The van der Waals surface area contributed by atoms with Crippen molar-refractivity contribution in [2.45, 2.75) is 25.0 Å². The molecular weight excluding hydrogens is 150 g/mol. The third-order valence-electron chi connectivity index (χ3n) is 2.46. The Morgan fingerprint density at radius 3 is 2.58 bits per heavy atom. The van der Waals surface area contributed by atoms with Gasteiger partial charge in [-0.3, -0.25) is 0 Å². The van der Waals surface area contributed by atoms with Gasteiger partial charge in [-0.1, -0.05) is 24.3 Å². The molecule has 64 valence electrons. The Labute approximate surface area is 72.0 Å². The van der Waals surface area contributed by atoms with Crippen molar-refractivity contribution in [2.24, 2.45) is 5.73 Å². The molecule has 2 rings (SSSR count). The van der Waals surface area contributed by atoms with Crippen LogP contribution in [0.4, 0.5) is 0 Å². The van der Waals surface area contributed by atoms with Crippen LogP contribution in [0.25, 0.3) is 0 Å². The highest BCUT2D eigenvalue weighted by atomic mass is 16.3. The van der Waals surface area contributed by atoms with Crippen LogP contribution in [0.15, 0.2) is 24.3 Å². The topological polar surface area (TPSA) is 46.2 Å². The van der Waals surface area contributed by atoms with Crippen LogP contribution < -0.4 is 5.73 Å². The van der Waals surface area contributed by atoms with Crippen molar-refractivity contribution in [1.82, 2.24) is 0 Å². The van der Waals surface area contributed by atoms with Gasteiger partial charge >= 0.3 is 0 Å². The third kappa shape index (κ3) is 1.13. The van der Waals surface area contributed by atoms with Gasteiger partial charge < -0.3 is 10.8 Å². The summed E-state index contributed by atoms with van der Waals surface area (Å²) in [5, 5.41) is 9.86. The second kappa shape index (κ2) is 2.57. The standard InChI is InChI=1S/C10H13NO/c11-7-8-3-1-2-4-9(8)10(12)5-6-10/h1-4,12H,5-7,11H2. The lowest BCUT2D eigenvalue weighted by molar-refractivity contribution is 0.150. The van der Waals surface area contributed by atoms with E-state index < -0.39 is 5.60 Å². The van der Waals surface area contributed by atoms with Crippen LogP contribution in [0.3, 0.4) is 0 Å². The first kappa shape index (κ1) is 7.77. The van der Waals surface area contributed by atoms with E-state index in [0.717, 1.165) is 24.0 Å². The first-order chi connectivity index (χ1) is 5.76. The van der Waals surface area contributed by atoms with E-state index in [-0.39, 0.29) is 0 Å². The van der Waals surface area contributed by atoms with Gasteiger partial charge in [0.25, 0.3) is 0 Å². The van der Waals surface area contributed by atoms with Crippen molar-refractivity contribution in [1.29, 1.82) is 0 Å². The van der Waals surface area contributed by atoms with Crippen molar-refractivity contribution >= 4 is 0 Å². The molecule has 1 fully saturated rings. The summed E-state index contributed by atoms with van der Waals surface area (Å²) in [7, 11) is 0. The maximum atomic E-state index is 9.86. The van der Waals surface area contributed by atoms with Crippen LogP contribution in [0.5, 0.6) is 0 Å². The minimum absolute atomic E-state index is 0.512. The molecule has 1 aliphatic rings. The number of benzene rings is 1. The molecule has 2 heteroatoms. The Morgan fingerprint density at radius 1 is 1.33 bits per heavy atom. The van der Waals surface area contributed by atoms with Crippen LogP contribution >= 0.6 is 0 Å². The van der Waals surface area contributed by atoms with Crippen LogP contribution in [0.2, 0.25) is 0 Å². The summed E-state index contributed by atoms with van der Waals surface area (Å²) in [5.41, 5.74) is 7.11. The fourth-order valence-corrected chi connectivity index (χ4v) is 1.54. The summed E-state index contributed by atoms with van der Waals surface area (Å²) in [5.74, 6) is 0. The van der Waals surface area contributed by atoms with Crippen molar-refractivity contribution in [2.75, 3.05) is 0 Å². The van der Waals surface area contributed by atoms with Gasteiger partial charge in [0.1, 0.15) is 0 Å². The Bertz CT molecular complexity index is 292. The van der Waals surface area contributed by atoms with Gasteiger partial charge in [0.05, 0.1) is 5.60 Å². The molecular formula is C10H13NO. The van der Waals surface area contributed by atoms with Gasteiger partial charge in [0.15, 0.2) is 0 Å². The third-order valence-corrected chi connectivity index (χ3v) is 2.46. The van der Waals surface area contributed by atoms with Gasteiger partial charge in [-0.2, -0.15) is 0 Å². The fraction of sp³-hybridized carbons (Fsp3) is 0.400. The molecule has 1 aromatic carbocycles. The molecule has 0 saturated heterocycles. The Balaban J connectivity index is 2.42. The number of hydrogen-bond acceptors (Lipinski definition) is 2. The van der Waals surface area contributed by atoms with Crippen LogP contribution in [0, 0.1) is 0 Å². The highest BCUT2D eigenvalue weighted by Gasteiger charge is 2.43. The molecule has 12 heavy (non-hydrogen) atoms. The largest absolute Gasteiger partial charge is 0.385 e. The molecule has 0 heterocycles. The molecule has 3 N–H and O–H groups in total. The second-order valence-corrected chi connectivity index (χ2v) is 3.39. The van der Waals surface area contributed by atoms with Gasteiger partial charge in [0, 0.05) is 6.54 Å². The summed E-state index contributed by atoms with van der Waals surface area (Å²) in [6, 6.07) is 7.85. The monoisotopic (exact) mass is 163 g/mol. The molecule has 0 unspecified atom stereocenters. The molecule has 0 atom stereocenters. The summed E-state index contributed by atoms with van der Waals surface area (Å²) < 4.78 is 0. The highest BCUT2D eigenvalue weighted by molar-refractivity contribution is 5.35. The first-order valence-corrected chi connectivity index (χ1v) is 4.27. The molecule has 1 aliphatic carbocycles. The number of aliphatic hydroxyl groups is 1. The van der Waals surface area contributed by atoms with Gasteiger partial charge in [-0.25, -0.2) is 0 Å². The zero-order valence-electron chi connectivity index (χ0n) is 6.96. The number of rotatable bonds is 2. The molecule has 0 radical (unpaired) electrons. The molecule has 0 aliphatic heterocycles. The van der Waals surface area contributed by atoms with E-state index in [0.29, 0.717) is 6.54 Å². The van der Waals surface area contributed by atoms with Crippen molar-refractivity contribution in [3.63, 3.8) is 0 Å². The van der Waals surface area contributed by atoms with Crippen molar-refractivity contribution in [3.05, 3.63) is 35.4 Å². The average Bonchev–Trinajstić information content (AvgIpc) is 2.85. The Hall–Kier alpha value is -0.860. The normalized spacial score (nSPS) is 19.2. The van der Waals surface area contributed by atoms with Gasteiger partial charge in [0.2, 0.25) is 0 Å². The molecule has 0 bridgehead atoms. The number of hydrogen-bond donors (Lipinski definition) is 2. The Kier molecular flexibility index (Phi) is 1.67. The van der Waals surface area contributed by atoms with Crippen LogP contribution in [-0.4, -0.2) is 5.11 Å². The first-order valence-electron chi connectivity index (χ1n) is 4.27. The van der Waals surface area contributed by atoms with E-state index in [1.807, 2.05) is 24.3 Å². The predicted molar refractivity (Wildman–Crippen MR) is 47.5 cm³/mol. The lowest BCUT2D eigenvalue weighted by Crippen LogP contribution is -2.10. The molecule has 1 saturated carbocycles. The number of nitrogens with two attached hydrogens (primary N) is 1. The molecule has 0 aromatic heterocycles. The van der Waals surface area contributed by atoms with Crippen molar-refractivity contribution < 1.29 is 5.11 Å². The maximum absolute atomic E-state index is 9.86. The lowest BCUT2D eigenvalue weighted by Gasteiger charge is -2.12. The summed E-state index contributed by atoms with van der Waals surface area (Å²) in [6.07, 6.45) is 1.76. The summed E-state index contributed by atoms with van der Waals surface area (Å²) in [4.78, 5) is 0. The minimum atomic E-state index is -0.546. The minimum Gasteiger partial charge on any atom is -0.385 e. The van der Waals surface area contributed by atoms with E-state index in [2.05, 4.69) is 0 Å². The van der Waals surface area contributed by atoms with E-state index in [1.165, 1.54) is 0 Å². The molecule has 0 amide bonds. The summed E-state index contributed by atoms with van der Waals surface area (Å²) in [6.45, 7) is 0.512. The van der Waals surface area contributed by atoms with E-state index in [9.17, 15) is 5.11 Å². The maximum Gasteiger partial charge on any atom is 0.0902 e. The second-order valence-electron chi connectivity index (χ2n) is 3.39. The molecule has 2 nitrogen and oxygen atoms in total. The van der Waals surface area contributed by atoms with Gasteiger partial charge in [-0.05, 0) is 24.0 Å². The lowest BCUT2D eigenvalue weighted by atomic mass is 10.0. The zero-order valence-corrected chi connectivity index (χ0v) is 6.96. The van der Waals surface area contributed by atoms with Crippen molar-refractivity contribution in [3.8, 4) is 0 Å². The van der Waals surface area contributed by atoms with E-state index in [1.54, 1.807) is 0 Å². The highest BCUT2D eigenvalue weighted by Crippen LogP contribution is 2.46. The smallest absolute Gasteiger partial charge is 0.0902 e. The fourth-order valence-electron chi connectivity index (χ4n) is 1.54. The quantitative estimate of drug-likeness (QED) is 0.686.